The van der Waals surface area contributed by atoms with E-state index in [9.17, 15) is 0 Å². The lowest BCUT2D eigenvalue weighted by molar-refractivity contribution is 0.00637. The molecule has 1 heterocycles. The monoisotopic (exact) mass is 277 g/mol. The third kappa shape index (κ3) is 2.50. The van der Waals surface area contributed by atoms with Gasteiger partial charge in [0.15, 0.2) is 11.5 Å². The fourth-order valence-electron chi connectivity index (χ4n) is 2.95. The average Bonchev–Trinajstić information content (AvgIpc) is 3.29. The molecule has 1 saturated heterocycles. The van der Waals surface area contributed by atoms with Gasteiger partial charge in [0.25, 0.3) is 0 Å². The van der Waals surface area contributed by atoms with Crippen molar-refractivity contribution in [1.82, 2.24) is 0 Å². The fourth-order valence-corrected chi connectivity index (χ4v) is 2.95. The van der Waals surface area contributed by atoms with E-state index in [2.05, 4.69) is 6.07 Å². The van der Waals surface area contributed by atoms with Crippen molar-refractivity contribution in [2.45, 2.75) is 37.2 Å². The van der Waals surface area contributed by atoms with E-state index in [1.54, 1.807) is 7.11 Å². The molecule has 0 spiro atoms. The summed E-state index contributed by atoms with van der Waals surface area (Å²) >= 11 is 0. The predicted molar refractivity (Wildman–Crippen MR) is 77.4 cm³/mol. The molecule has 0 amide bonds. The van der Waals surface area contributed by atoms with E-state index in [0.29, 0.717) is 13.2 Å². The van der Waals surface area contributed by atoms with Gasteiger partial charge in [-0.05, 0) is 31.7 Å². The second-order valence-electron chi connectivity index (χ2n) is 5.78. The second-order valence-corrected chi connectivity index (χ2v) is 5.78. The number of rotatable bonds is 5. The summed E-state index contributed by atoms with van der Waals surface area (Å²) in [5, 5.41) is 0. The summed E-state index contributed by atoms with van der Waals surface area (Å²) in [5.41, 5.74) is 7.24. The van der Waals surface area contributed by atoms with Gasteiger partial charge < -0.3 is 19.9 Å². The number of nitrogens with two attached hydrogens (primary N) is 1. The minimum atomic E-state index is 0.105. The van der Waals surface area contributed by atoms with Crippen molar-refractivity contribution in [2.75, 3.05) is 26.9 Å². The van der Waals surface area contributed by atoms with Gasteiger partial charge in [-0.2, -0.15) is 0 Å². The first-order valence-corrected chi connectivity index (χ1v) is 7.41. The lowest BCUT2D eigenvalue weighted by atomic mass is 9.95. The molecular formula is C16H23NO3. The van der Waals surface area contributed by atoms with Gasteiger partial charge in [0, 0.05) is 24.1 Å². The molecule has 1 atom stereocenters. The molecule has 20 heavy (non-hydrogen) atoms. The molecule has 2 fully saturated rings. The maximum Gasteiger partial charge on any atom is 0.164 e. The van der Waals surface area contributed by atoms with Crippen LogP contribution in [0.3, 0.4) is 0 Å². The van der Waals surface area contributed by atoms with Crippen molar-refractivity contribution < 1.29 is 14.2 Å². The van der Waals surface area contributed by atoms with Crippen molar-refractivity contribution in [3.05, 3.63) is 23.8 Å². The zero-order valence-corrected chi connectivity index (χ0v) is 12.1. The molecule has 1 aromatic rings. The van der Waals surface area contributed by atoms with Crippen molar-refractivity contribution in [3.8, 4) is 11.5 Å². The molecule has 1 unspecified atom stereocenters. The van der Waals surface area contributed by atoms with Crippen LogP contribution in [0.5, 0.6) is 11.5 Å². The van der Waals surface area contributed by atoms with E-state index >= 15 is 0 Å². The molecule has 1 aliphatic heterocycles. The number of para-hydroxylation sites is 1. The molecule has 4 nitrogen and oxygen atoms in total. The minimum absolute atomic E-state index is 0.105. The summed E-state index contributed by atoms with van der Waals surface area (Å²) in [6.07, 6.45) is 4.49. The zero-order valence-electron chi connectivity index (χ0n) is 12.1. The normalized spacial score (nSPS) is 24.2. The maximum absolute atomic E-state index is 6.09. The highest BCUT2D eigenvalue weighted by Crippen LogP contribution is 2.52. The first kappa shape index (κ1) is 13.7. The van der Waals surface area contributed by atoms with Gasteiger partial charge in [0.05, 0.1) is 13.7 Å². The van der Waals surface area contributed by atoms with Gasteiger partial charge in [0.1, 0.15) is 6.10 Å². The first-order chi connectivity index (χ1) is 9.79. The van der Waals surface area contributed by atoms with Gasteiger partial charge in [-0.25, -0.2) is 0 Å². The Kier molecular flexibility index (Phi) is 3.85. The number of ether oxygens (including phenoxy) is 3. The first-order valence-electron chi connectivity index (χ1n) is 7.41. The van der Waals surface area contributed by atoms with Crippen LogP contribution >= 0.6 is 0 Å². The molecular weight excluding hydrogens is 254 g/mol. The summed E-state index contributed by atoms with van der Waals surface area (Å²) in [6, 6.07) is 6.12. The van der Waals surface area contributed by atoms with Crippen LogP contribution in [0.4, 0.5) is 0 Å². The smallest absolute Gasteiger partial charge is 0.164 e. The Morgan fingerprint density at radius 1 is 1.40 bits per heavy atom. The molecule has 1 saturated carbocycles. The Bertz CT molecular complexity index is 465. The standard InChI is InChI=1S/C16H23NO3/c1-18-15-13(16(11-17)7-8-16)5-2-6-14(15)20-12-4-3-9-19-10-12/h2,5-6,12H,3-4,7-11,17H2,1H3. The minimum Gasteiger partial charge on any atom is -0.493 e. The van der Waals surface area contributed by atoms with Crippen LogP contribution in [0.15, 0.2) is 18.2 Å². The van der Waals surface area contributed by atoms with Crippen molar-refractivity contribution in [3.63, 3.8) is 0 Å². The number of hydrogen-bond donors (Lipinski definition) is 1. The van der Waals surface area contributed by atoms with Gasteiger partial charge in [-0.3, -0.25) is 0 Å². The highest BCUT2D eigenvalue weighted by molar-refractivity contribution is 5.52. The van der Waals surface area contributed by atoms with Crippen LogP contribution in [0, 0.1) is 0 Å². The van der Waals surface area contributed by atoms with Gasteiger partial charge in [-0.1, -0.05) is 12.1 Å². The predicted octanol–water partition coefficient (Wildman–Crippen LogP) is 2.24. The summed E-state index contributed by atoms with van der Waals surface area (Å²) in [7, 11) is 1.70. The quantitative estimate of drug-likeness (QED) is 0.897. The van der Waals surface area contributed by atoms with E-state index in [0.717, 1.165) is 43.8 Å². The molecule has 0 aromatic heterocycles. The molecule has 1 aromatic carbocycles. The number of hydrogen-bond acceptors (Lipinski definition) is 4. The molecule has 2 N–H and O–H groups in total. The third-order valence-corrected chi connectivity index (χ3v) is 4.41. The highest BCUT2D eigenvalue weighted by Gasteiger charge is 2.45. The lowest BCUT2D eigenvalue weighted by Gasteiger charge is -2.26. The molecule has 110 valence electrons. The second kappa shape index (κ2) is 5.62. The molecule has 0 bridgehead atoms. The van der Waals surface area contributed by atoms with E-state index in [1.165, 1.54) is 5.56 Å². The van der Waals surface area contributed by atoms with Crippen LogP contribution < -0.4 is 15.2 Å². The fraction of sp³-hybridized carbons (Fsp3) is 0.625. The van der Waals surface area contributed by atoms with E-state index < -0.39 is 0 Å². The van der Waals surface area contributed by atoms with Crippen molar-refractivity contribution in [2.24, 2.45) is 5.73 Å². The summed E-state index contributed by atoms with van der Waals surface area (Å²) in [6.45, 7) is 2.17. The highest BCUT2D eigenvalue weighted by atomic mass is 16.5. The van der Waals surface area contributed by atoms with Crippen LogP contribution in [-0.2, 0) is 10.2 Å². The van der Waals surface area contributed by atoms with E-state index in [1.807, 2.05) is 12.1 Å². The van der Waals surface area contributed by atoms with Crippen LogP contribution in [0.1, 0.15) is 31.2 Å². The molecule has 3 rings (SSSR count). The van der Waals surface area contributed by atoms with Crippen LogP contribution in [0.2, 0.25) is 0 Å². The molecule has 4 heteroatoms. The lowest BCUT2D eigenvalue weighted by Crippen LogP contribution is -2.28. The van der Waals surface area contributed by atoms with Crippen LogP contribution in [-0.4, -0.2) is 33.0 Å². The third-order valence-electron chi connectivity index (χ3n) is 4.41. The Morgan fingerprint density at radius 2 is 2.25 bits per heavy atom. The maximum atomic E-state index is 6.09. The van der Waals surface area contributed by atoms with E-state index in [-0.39, 0.29) is 11.5 Å². The van der Waals surface area contributed by atoms with Crippen molar-refractivity contribution >= 4 is 0 Å². The average molecular weight is 277 g/mol. The van der Waals surface area contributed by atoms with Gasteiger partial charge in [-0.15, -0.1) is 0 Å². The summed E-state index contributed by atoms with van der Waals surface area (Å²) in [4.78, 5) is 0. The Labute approximate surface area is 120 Å². The molecule has 1 aliphatic carbocycles. The van der Waals surface area contributed by atoms with Crippen LogP contribution in [0.25, 0.3) is 0 Å². The Hall–Kier alpha value is -1.26. The van der Waals surface area contributed by atoms with Crippen molar-refractivity contribution in [1.29, 1.82) is 0 Å². The Balaban J connectivity index is 1.85. The number of methoxy groups -OCH3 is 1. The largest absolute Gasteiger partial charge is 0.493 e. The zero-order chi connectivity index (χ0) is 14.0. The molecule has 0 radical (unpaired) electrons. The van der Waals surface area contributed by atoms with Gasteiger partial charge >= 0.3 is 0 Å². The summed E-state index contributed by atoms with van der Waals surface area (Å²) in [5.74, 6) is 1.67. The Morgan fingerprint density at radius 3 is 2.85 bits per heavy atom. The summed E-state index contributed by atoms with van der Waals surface area (Å²) < 4.78 is 17.2. The number of benzene rings is 1. The molecule has 2 aliphatic rings. The SMILES string of the molecule is COc1c(OC2CCCOC2)cccc1C1(CN)CC1. The topological polar surface area (TPSA) is 53.7 Å². The van der Waals surface area contributed by atoms with E-state index in [4.69, 9.17) is 19.9 Å². The van der Waals surface area contributed by atoms with Gasteiger partial charge in [0.2, 0.25) is 0 Å².